The van der Waals surface area contributed by atoms with Gasteiger partial charge in [-0.05, 0) is 31.0 Å². The van der Waals surface area contributed by atoms with Crippen molar-refractivity contribution < 1.29 is 0 Å². The lowest BCUT2D eigenvalue weighted by Gasteiger charge is -2.09. The van der Waals surface area contributed by atoms with Crippen LogP contribution in [0, 0.1) is 19.3 Å². The number of terminal acetylenes is 1. The number of halogens is 2. The molecule has 1 nitrogen and oxygen atoms in total. The van der Waals surface area contributed by atoms with E-state index in [0.717, 1.165) is 35.7 Å². The molecule has 1 aromatic rings. The first-order valence-electron chi connectivity index (χ1n) is 4.78. The van der Waals surface area contributed by atoms with Crippen molar-refractivity contribution in [1.29, 1.82) is 0 Å². The minimum absolute atomic E-state index is 0.692. The van der Waals surface area contributed by atoms with Crippen molar-refractivity contribution in [2.45, 2.75) is 19.8 Å². The molecule has 0 fully saturated rings. The summed E-state index contributed by atoms with van der Waals surface area (Å²) < 4.78 is 0. The molecule has 0 saturated carbocycles. The lowest BCUT2D eigenvalue weighted by molar-refractivity contribution is 0.907. The zero-order valence-corrected chi connectivity index (χ0v) is 10.1. The van der Waals surface area contributed by atoms with E-state index in [2.05, 4.69) is 11.2 Å². The van der Waals surface area contributed by atoms with Gasteiger partial charge >= 0.3 is 0 Å². The zero-order valence-electron chi connectivity index (χ0n) is 8.61. The average molecular weight is 242 g/mol. The Kier molecular flexibility index (Phi) is 4.81. The Morgan fingerprint density at radius 3 is 2.73 bits per heavy atom. The maximum Gasteiger partial charge on any atom is 0.0641 e. The van der Waals surface area contributed by atoms with Crippen molar-refractivity contribution in [3.8, 4) is 12.3 Å². The number of anilines is 1. The van der Waals surface area contributed by atoms with Crippen LogP contribution < -0.4 is 5.32 Å². The van der Waals surface area contributed by atoms with Gasteiger partial charge in [-0.25, -0.2) is 0 Å². The fourth-order valence-corrected chi connectivity index (χ4v) is 1.64. The molecule has 1 aromatic carbocycles. The standard InChI is InChI=1S/C12H13Cl2N/c1-3-4-5-6-15-12-8-10(13)9(2)7-11(12)14/h1,7-8,15H,4-6H2,2H3. The Bertz CT molecular complexity index is 380. The van der Waals surface area contributed by atoms with Crippen LogP contribution in [0.1, 0.15) is 18.4 Å². The van der Waals surface area contributed by atoms with Gasteiger partial charge in [0.15, 0.2) is 0 Å². The van der Waals surface area contributed by atoms with Crippen LogP contribution in [0.2, 0.25) is 10.0 Å². The third-order valence-corrected chi connectivity index (χ3v) is 2.78. The molecule has 0 aliphatic carbocycles. The molecule has 15 heavy (non-hydrogen) atoms. The first-order valence-corrected chi connectivity index (χ1v) is 5.53. The summed E-state index contributed by atoms with van der Waals surface area (Å²) >= 11 is 12.0. The van der Waals surface area contributed by atoms with Gasteiger partial charge in [-0.2, -0.15) is 0 Å². The van der Waals surface area contributed by atoms with E-state index in [1.165, 1.54) is 0 Å². The van der Waals surface area contributed by atoms with Gasteiger partial charge in [-0.15, -0.1) is 12.3 Å². The highest BCUT2D eigenvalue weighted by atomic mass is 35.5. The number of rotatable bonds is 4. The second-order valence-electron chi connectivity index (χ2n) is 3.32. The highest BCUT2D eigenvalue weighted by Gasteiger charge is 2.03. The number of aryl methyl sites for hydroxylation is 1. The average Bonchev–Trinajstić information content (AvgIpc) is 2.20. The SMILES string of the molecule is C#CCCCNc1cc(Cl)c(C)cc1Cl. The lowest BCUT2D eigenvalue weighted by Crippen LogP contribution is -2.01. The van der Waals surface area contributed by atoms with Crippen molar-refractivity contribution in [3.05, 3.63) is 27.7 Å². The van der Waals surface area contributed by atoms with Crippen LogP contribution in [-0.2, 0) is 0 Å². The highest BCUT2D eigenvalue weighted by Crippen LogP contribution is 2.28. The lowest BCUT2D eigenvalue weighted by atomic mass is 10.2. The molecule has 0 aliphatic rings. The summed E-state index contributed by atoms with van der Waals surface area (Å²) in [6.45, 7) is 2.74. The molecule has 0 saturated heterocycles. The van der Waals surface area contributed by atoms with Gasteiger partial charge in [-0.1, -0.05) is 23.2 Å². The molecule has 0 amide bonds. The van der Waals surface area contributed by atoms with Gasteiger partial charge in [-0.3, -0.25) is 0 Å². The van der Waals surface area contributed by atoms with Crippen LogP contribution >= 0.6 is 23.2 Å². The smallest absolute Gasteiger partial charge is 0.0641 e. The largest absolute Gasteiger partial charge is 0.384 e. The molecule has 0 bridgehead atoms. The summed E-state index contributed by atoms with van der Waals surface area (Å²) in [5, 5.41) is 4.62. The number of nitrogens with one attached hydrogen (secondary N) is 1. The molecular weight excluding hydrogens is 229 g/mol. The molecule has 0 aliphatic heterocycles. The number of benzene rings is 1. The van der Waals surface area contributed by atoms with Gasteiger partial charge < -0.3 is 5.32 Å². The fourth-order valence-electron chi connectivity index (χ4n) is 1.20. The topological polar surface area (TPSA) is 12.0 Å². The maximum absolute atomic E-state index is 6.05. The molecule has 80 valence electrons. The van der Waals surface area contributed by atoms with E-state index in [1.54, 1.807) is 0 Å². The Morgan fingerprint density at radius 2 is 2.07 bits per heavy atom. The zero-order chi connectivity index (χ0) is 11.3. The van der Waals surface area contributed by atoms with E-state index in [9.17, 15) is 0 Å². The monoisotopic (exact) mass is 241 g/mol. The summed E-state index contributed by atoms with van der Waals surface area (Å²) in [5.41, 5.74) is 1.85. The normalized spacial score (nSPS) is 9.73. The Balaban J connectivity index is 2.62. The van der Waals surface area contributed by atoms with E-state index in [4.69, 9.17) is 29.6 Å². The third kappa shape index (κ3) is 3.66. The molecule has 0 radical (unpaired) electrons. The molecule has 3 heteroatoms. The molecule has 0 unspecified atom stereocenters. The minimum atomic E-state index is 0.692. The molecule has 0 aromatic heterocycles. The molecule has 0 heterocycles. The van der Waals surface area contributed by atoms with Crippen molar-refractivity contribution in [3.63, 3.8) is 0 Å². The summed E-state index contributed by atoms with van der Waals surface area (Å²) in [4.78, 5) is 0. The maximum atomic E-state index is 6.05. The van der Waals surface area contributed by atoms with Crippen LogP contribution in [-0.4, -0.2) is 6.54 Å². The van der Waals surface area contributed by atoms with E-state index in [1.807, 2.05) is 19.1 Å². The number of hydrogen-bond acceptors (Lipinski definition) is 1. The van der Waals surface area contributed by atoms with Crippen molar-refractivity contribution in [2.24, 2.45) is 0 Å². The first kappa shape index (κ1) is 12.2. The second kappa shape index (κ2) is 5.90. The van der Waals surface area contributed by atoms with Crippen LogP contribution in [0.5, 0.6) is 0 Å². The van der Waals surface area contributed by atoms with Crippen LogP contribution in [0.15, 0.2) is 12.1 Å². The summed E-state index contributed by atoms with van der Waals surface area (Å²) in [6, 6.07) is 3.70. The first-order chi connectivity index (χ1) is 7.15. The van der Waals surface area contributed by atoms with Crippen molar-refractivity contribution in [1.82, 2.24) is 0 Å². The van der Waals surface area contributed by atoms with Crippen LogP contribution in [0.4, 0.5) is 5.69 Å². The quantitative estimate of drug-likeness (QED) is 0.618. The van der Waals surface area contributed by atoms with E-state index >= 15 is 0 Å². The predicted octanol–water partition coefficient (Wildman–Crippen LogP) is 4.13. The Morgan fingerprint density at radius 1 is 1.33 bits per heavy atom. The molecule has 1 N–H and O–H groups in total. The van der Waals surface area contributed by atoms with Gasteiger partial charge in [0.25, 0.3) is 0 Å². The minimum Gasteiger partial charge on any atom is -0.384 e. The van der Waals surface area contributed by atoms with Gasteiger partial charge in [0.1, 0.15) is 0 Å². The summed E-state index contributed by atoms with van der Waals surface area (Å²) in [7, 11) is 0. The molecule has 0 spiro atoms. The second-order valence-corrected chi connectivity index (χ2v) is 4.13. The number of unbranched alkanes of at least 4 members (excludes halogenated alkanes) is 1. The predicted molar refractivity (Wildman–Crippen MR) is 67.8 cm³/mol. The van der Waals surface area contributed by atoms with Crippen molar-refractivity contribution >= 4 is 28.9 Å². The van der Waals surface area contributed by atoms with Gasteiger partial charge in [0.2, 0.25) is 0 Å². The summed E-state index contributed by atoms with van der Waals surface area (Å²) in [5.74, 6) is 2.59. The molecule has 1 rings (SSSR count). The summed E-state index contributed by atoms with van der Waals surface area (Å²) in [6.07, 6.45) is 6.85. The Labute approximate surface area is 101 Å². The van der Waals surface area contributed by atoms with E-state index < -0.39 is 0 Å². The van der Waals surface area contributed by atoms with Gasteiger partial charge in [0.05, 0.1) is 10.7 Å². The Hall–Kier alpha value is -0.840. The molecular formula is C12H13Cl2N. The van der Waals surface area contributed by atoms with Crippen molar-refractivity contribution in [2.75, 3.05) is 11.9 Å². The highest BCUT2D eigenvalue weighted by molar-refractivity contribution is 6.35. The third-order valence-electron chi connectivity index (χ3n) is 2.06. The van der Waals surface area contributed by atoms with E-state index in [-0.39, 0.29) is 0 Å². The number of hydrogen-bond donors (Lipinski definition) is 1. The molecule has 0 atom stereocenters. The van der Waals surface area contributed by atoms with E-state index in [0.29, 0.717) is 5.02 Å². The van der Waals surface area contributed by atoms with Crippen LogP contribution in [0.25, 0.3) is 0 Å². The fraction of sp³-hybridized carbons (Fsp3) is 0.333. The van der Waals surface area contributed by atoms with Gasteiger partial charge in [0, 0.05) is 18.0 Å². The van der Waals surface area contributed by atoms with Crippen LogP contribution in [0.3, 0.4) is 0 Å².